The summed E-state index contributed by atoms with van der Waals surface area (Å²) in [6.45, 7) is 7.49. The van der Waals surface area contributed by atoms with Crippen LogP contribution in [-0.2, 0) is 13.0 Å². The summed E-state index contributed by atoms with van der Waals surface area (Å²) in [7, 11) is 0. The Bertz CT molecular complexity index is 653. The standard InChI is InChI=1S/C17H23FN4O.HI/c1-4-19-17(21-11-16-22-12(2)13(3)23-16)20-10-9-14-7-5-6-8-15(14)18;/h5-8H,4,9-11H2,1-3H3,(H2,19,20,21);1H. The molecule has 0 amide bonds. The second kappa shape index (κ2) is 10.3. The normalized spacial score (nSPS) is 11.1. The van der Waals surface area contributed by atoms with Gasteiger partial charge in [-0.05, 0) is 38.8 Å². The van der Waals surface area contributed by atoms with E-state index in [-0.39, 0.29) is 29.8 Å². The molecule has 0 unspecified atom stereocenters. The van der Waals surface area contributed by atoms with Gasteiger partial charge in [0.15, 0.2) is 5.96 Å². The van der Waals surface area contributed by atoms with Gasteiger partial charge in [0.25, 0.3) is 0 Å². The van der Waals surface area contributed by atoms with Crippen LogP contribution < -0.4 is 10.6 Å². The molecule has 7 heteroatoms. The fourth-order valence-corrected chi connectivity index (χ4v) is 2.11. The summed E-state index contributed by atoms with van der Waals surface area (Å²) in [5.41, 5.74) is 1.57. The van der Waals surface area contributed by atoms with Crippen LogP contribution in [0.4, 0.5) is 4.39 Å². The van der Waals surface area contributed by atoms with Crippen molar-refractivity contribution in [1.82, 2.24) is 15.6 Å². The van der Waals surface area contributed by atoms with Gasteiger partial charge in [-0.25, -0.2) is 14.4 Å². The Morgan fingerprint density at radius 3 is 2.62 bits per heavy atom. The quantitative estimate of drug-likeness (QED) is 0.406. The van der Waals surface area contributed by atoms with E-state index >= 15 is 0 Å². The number of benzene rings is 1. The lowest BCUT2D eigenvalue weighted by Gasteiger charge is -2.11. The molecule has 0 saturated carbocycles. The molecule has 1 heterocycles. The zero-order valence-electron chi connectivity index (χ0n) is 14.2. The van der Waals surface area contributed by atoms with Crippen molar-refractivity contribution < 1.29 is 8.81 Å². The van der Waals surface area contributed by atoms with Crippen LogP contribution in [0.5, 0.6) is 0 Å². The number of aliphatic imine (C=N–C) groups is 1. The highest BCUT2D eigenvalue weighted by molar-refractivity contribution is 14.0. The van der Waals surface area contributed by atoms with Crippen LogP contribution in [0.3, 0.4) is 0 Å². The van der Waals surface area contributed by atoms with Crippen LogP contribution in [0.2, 0.25) is 0 Å². The summed E-state index contributed by atoms with van der Waals surface area (Å²) in [6, 6.07) is 6.80. The lowest BCUT2D eigenvalue weighted by Crippen LogP contribution is -2.38. The first-order chi connectivity index (χ1) is 11.1. The highest BCUT2D eigenvalue weighted by Gasteiger charge is 2.06. The number of aromatic nitrogens is 1. The van der Waals surface area contributed by atoms with E-state index < -0.39 is 0 Å². The second-order valence-electron chi connectivity index (χ2n) is 5.21. The highest BCUT2D eigenvalue weighted by Crippen LogP contribution is 2.09. The maximum absolute atomic E-state index is 13.6. The summed E-state index contributed by atoms with van der Waals surface area (Å²) in [5.74, 6) is 1.89. The Labute approximate surface area is 159 Å². The molecule has 0 fully saturated rings. The second-order valence-corrected chi connectivity index (χ2v) is 5.21. The maximum Gasteiger partial charge on any atom is 0.216 e. The van der Waals surface area contributed by atoms with Gasteiger partial charge in [-0.2, -0.15) is 0 Å². The monoisotopic (exact) mass is 446 g/mol. The summed E-state index contributed by atoms with van der Waals surface area (Å²) in [4.78, 5) is 8.74. The van der Waals surface area contributed by atoms with Crippen LogP contribution in [0, 0.1) is 19.7 Å². The van der Waals surface area contributed by atoms with Crippen molar-refractivity contribution in [3.05, 3.63) is 53.0 Å². The first-order valence-corrected chi connectivity index (χ1v) is 7.78. The molecule has 0 aliphatic heterocycles. The molecule has 5 nitrogen and oxygen atoms in total. The number of halogens is 2. The molecule has 2 aromatic rings. The first-order valence-electron chi connectivity index (χ1n) is 7.78. The molecule has 0 radical (unpaired) electrons. The minimum atomic E-state index is -0.179. The minimum Gasteiger partial charge on any atom is -0.444 e. The number of hydrogen-bond acceptors (Lipinski definition) is 3. The van der Waals surface area contributed by atoms with Gasteiger partial charge < -0.3 is 15.1 Å². The van der Waals surface area contributed by atoms with Crippen molar-refractivity contribution in [2.24, 2.45) is 4.99 Å². The summed E-state index contributed by atoms with van der Waals surface area (Å²) in [5, 5.41) is 6.34. The third-order valence-electron chi connectivity index (χ3n) is 3.43. The Balaban J connectivity index is 0.00000288. The Morgan fingerprint density at radius 2 is 2.00 bits per heavy atom. The smallest absolute Gasteiger partial charge is 0.216 e. The number of nitrogens with one attached hydrogen (secondary N) is 2. The van der Waals surface area contributed by atoms with E-state index in [4.69, 9.17) is 4.42 Å². The average Bonchev–Trinajstić information content (AvgIpc) is 2.85. The van der Waals surface area contributed by atoms with Crippen molar-refractivity contribution in [1.29, 1.82) is 0 Å². The Hall–Kier alpha value is -1.64. The van der Waals surface area contributed by atoms with Crippen molar-refractivity contribution >= 4 is 29.9 Å². The molecule has 0 aliphatic carbocycles. The SMILES string of the molecule is CCNC(=NCc1nc(C)c(C)o1)NCCc1ccccc1F.I. The number of nitrogens with zero attached hydrogens (tertiary/aromatic N) is 2. The highest BCUT2D eigenvalue weighted by atomic mass is 127. The summed E-state index contributed by atoms with van der Waals surface area (Å²) >= 11 is 0. The predicted molar refractivity (Wildman–Crippen MR) is 104 cm³/mol. The number of guanidine groups is 1. The van der Waals surface area contributed by atoms with Gasteiger partial charge in [0, 0.05) is 13.1 Å². The molecule has 2 N–H and O–H groups in total. The lowest BCUT2D eigenvalue weighted by atomic mass is 10.1. The van der Waals surface area contributed by atoms with Crippen LogP contribution in [0.1, 0.15) is 29.8 Å². The van der Waals surface area contributed by atoms with Crippen LogP contribution in [-0.4, -0.2) is 24.0 Å². The third-order valence-corrected chi connectivity index (χ3v) is 3.43. The average molecular weight is 446 g/mol. The van der Waals surface area contributed by atoms with Gasteiger partial charge in [0.2, 0.25) is 5.89 Å². The largest absolute Gasteiger partial charge is 0.444 e. The predicted octanol–water partition coefficient (Wildman–Crippen LogP) is 3.35. The van der Waals surface area contributed by atoms with E-state index in [1.165, 1.54) is 6.07 Å². The zero-order valence-corrected chi connectivity index (χ0v) is 16.6. The first kappa shape index (κ1) is 20.4. The topological polar surface area (TPSA) is 62.5 Å². The maximum atomic E-state index is 13.6. The van der Waals surface area contributed by atoms with Gasteiger partial charge in [-0.3, -0.25) is 0 Å². The van der Waals surface area contributed by atoms with Gasteiger partial charge >= 0.3 is 0 Å². The van der Waals surface area contributed by atoms with Crippen LogP contribution in [0.25, 0.3) is 0 Å². The zero-order chi connectivity index (χ0) is 16.7. The van der Waals surface area contributed by atoms with Gasteiger partial charge in [-0.15, -0.1) is 24.0 Å². The third kappa shape index (κ3) is 6.10. The van der Waals surface area contributed by atoms with Crippen LogP contribution in [0.15, 0.2) is 33.7 Å². The molecule has 0 bridgehead atoms. The van der Waals surface area contributed by atoms with Crippen molar-refractivity contribution in [2.75, 3.05) is 13.1 Å². The molecule has 132 valence electrons. The molecule has 0 saturated heterocycles. The number of aryl methyl sites for hydroxylation is 2. The molecule has 2 rings (SSSR count). The van der Waals surface area contributed by atoms with E-state index in [0.29, 0.717) is 36.9 Å². The number of hydrogen-bond donors (Lipinski definition) is 2. The molecule has 1 aromatic heterocycles. The Morgan fingerprint density at radius 1 is 1.25 bits per heavy atom. The molecular weight excluding hydrogens is 422 g/mol. The van der Waals surface area contributed by atoms with Gasteiger partial charge in [0.1, 0.15) is 18.1 Å². The van der Waals surface area contributed by atoms with E-state index in [1.54, 1.807) is 12.1 Å². The molecule has 24 heavy (non-hydrogen) atoms. The summed E-state index contributed by atoms with van der Waals surface area (Å²) in [6.07, 6.45) is 0.592. The summed E-state index contributed by atoms with van der Waals surface area (Å²) < 4.78 is 19.1. The van der Waals surface area contributed by atoms with E-state index in [1.807, 2.05) is 26.8 Å². The fraction of sp³-hybridized carbons (Fsp3) is 0.412. The van der Waals surface area contributed by atoms with Crippen LogP contribution >= 0.6 is 24.0 Å². The van der Waals surface area contributed by atoms with Crippen molar-refractivity contribution in [2.45, 2.75) is 33.7 Å². The van der Waals surface area contributed by atoms with E-state index in [2.05, 4.69) is 20.6 Å². The van der Waals surface area contributed by atoms with Gasteiger partial charge in [0.05, 0.1) is 5.69 Å². The lowest BCUT2D eigenvalue weighted by molar-refractivity contribution is 0.473. The van der Waals surface area contributed by atoms with E-state index in [0.717, 1.165) is 18.0 Å². The molecule has 0 spiro atoms. The van der Waals surface area contributed by atoms with Crippen molar-refractivity contribution in [3.8, 4) is 0 Å². The number of rotatable bonds is 6. The molecule has 0 aliphatic rings. The van der Waals surface area contributed by atoms with Gasteiger partial charge in [-0.1, -0.05) is 18.2 Å². The molecule has 1 aromatic carbocycles. The minimum absolute atomic E-state index is 0. The van der Waals surface area contributed by atoms with E-state index in [9.17, 15) is 4.39 Å². The number of oxazole rings is 1. The van der Waals surface area contributed by atoms with Crippen molar-refractivity contribution in [3.63, 3.8) is 0 Å². The molecular formula is C17H24FIN4O. The Kier molecular flexibility index (Phi) is 8.73. The fourth-order valence-electron chi connectivity index (χ4n) is 2.11. The molecule has 0 atom stereocenters.